The molecule has 1 aromatic rings. The molecular weight excluding hydrogens is 283 g/mol. The van der Waals surface area contributed by atoms with Crippen LogP contribution in [0.15, 0.2) is 30.3 Å². The average Bonchev–Trinajstić information content (AvgIpc) is 2.36. The van der Waals surface area contributed by atoms with Crippen LogP contribution in [-0.2, 0) is 13.9 Å². The normalized spacial score (nSPS) is 14.3. The van der Waals surface area contributed by atoms with Crippen LogP contribution in [0.1, 0.15) is 26.7 Å². The van der Waals surface area contributed by atoms with Gasteiger partial charge >= 0.3 is 0 Å². The van der Waals surface area contributed by atoms with Gasteiger partial charge in [-0.25, -0.2) is 0 Å². The molecule has 0 aliphatic carbocycles. The lowest BCUT2D eigenvalue weighted by Crippen LogP contribution is -2.18. The van der Waals surface area contributed by atoms with Crippen LogP contribution in [0, 0.1) is 0 Å². The van der Waals surface area contributed by atoms with Gasteiger partial charge in [0.2, 0.25) is 7.37 Å². The molecular formula is C14H20ClO3P. The highest BCUT2D eigenvalue weighted by molar-refractivity contribution is 7.67. The molecule has 1 rings (SSSR count). The first-order valence-corrected chi connectivity index (χ1v) is 8.73. The molecule has 19 heavy (non-hydrogen) atoms. The van der Waals surface area contributed by atoms with Crippen LogP contribution < -0.4 is 5.30 Å². The Hall–Kier alpha value is -0.630. The number of Topliss-reactive ketones (excluding diaryl/α,β-unsaturated/α-hetero) is 1. The summed E-state index contributed by atoms with van der Waals surface area (Å²) in [6.45, 7) is 3.64. The number of rotatable bonds is 8. The maximum atomic E-state index is 12.9. The Morgan fingerprint density at radius 2 is 1.95 bits per heavy atom. The number of carbonyl (C=O) groups excluding carboxylic acids is 1. The van der Waals surface area contributed by atoms with E-state index in [1.165, 1.54) is 0 Å². The third kappa shape index (κ3) is 5.48. The minimum absolute atomic E-state index is 0.0495. The highest BCUT2D eigenvalue weighted by Crippen LogP contribution is 2.47. The fourth-order valence-electron chi connectivity index (χ4n) is 1.76. The summed E-state index contributed by atoms with van der Waals surface area (Å²) in [6.07, 6.45) is 0.719. The molecule has 0 radical (unpaired) electrons. The number of alkyl halides is 1. The second kappa shape index (κ2) is 7.84. The number of hydrogen-bond donors (Lipinski definition) is 0. The van der Waals surface area contributed by atoms with Crippen LogP contribution in [0.3, 0.4) is 0 Å². The molecule has 0 spiro atoms. The first-order valence-electron chi connectivity index (χ1n) is 6.38. The highest BCUT2D eigenvalue weighted by Gasteiger charge is 2.29. The van der Waals surface area contributed by atoms with Gasteiger partial charge < -0.3 is 4.52 Å². The molecule has 0 saturated carbocycles. The minimum Gasteiger partial charge on any atom is -0.322 e. The number of carbonyl (C=O) groups is 1. The quantitative estimate of drug-likeness (QED) is 0.544. The van der Waals surface area contributed by atoms with E-state index < -0.39 is 7.37 Å². The summed E-state index contributed by atoms with van der Waals surface area (Å²) in [4.78, 5) is 11.9. The van der Waals surface area contributed by atoms with E-state index in [-0.39, 0.29) is 18.0 Å². The van der Waals surface area contributed by atoms with Crippen molar-refractivity contribution < 1.29 is 13.9 Å². The molecule has 0 saturated heterocycles. The summed E-state index contributed by atoms with van der Waals surface area (Å²) in [7, 11) is -3.12. The van der Waals surface area contributed by atoms with Gasteiger partial charge in [0.05, 0.1) is 12.3 Å². The zero-order valence-corrected chi connectivity index (χ0v) is 13.0. The molecule has 1 unspecified atom stereocenters. The van der Waals surface area contributed by atoms with E-state index in [4.69, 9.17) is 16.1 Å². The van der Waals surface area contributed by atoms with E-state index in [1.807, 2.05) is 19.9 Å². The lowest BCUT2D eigenvalue weighted by Gasteiger charge is -2.20. The predicted molar refractivity (Wildman–Crippen MR) is 79.7 cm³/mol. The van der Waals surface area contributed by atoms with E-state index >= 15 is 0 Å². The summed E-state index contributed by atoms with van der Waals surface area (Å²) in [5, 5.41) is 0.600. The number of benzene rings is 1. The van der Waals surface area contributed by atoms with Crippen molar-refractivity contribution in [1.29, 1.82) is 0 Å². The summed E-state index contributed by atoms with van der Waals surface area (Å²) in [5.41, 5.74) is 0. The van der Waals surface area contributed by atoms with Gasteiger partial charge in [0, 0.05) is 17.6 Å². The third-order valence-corrected chi connectivity index (χ3v) is 5.39. The van der Waals surface area contributed by atoms with Crippen LogP contribution in [-0.4, -0.2) is 23.9 Å². The van der Waals surface area contributed by atoms with Crippen molar-refractivity contribution in [2.45, 2.75) is 32.8 Å². The summed E-state index contributed by atoms with van der Waals surface area (Å²) in [6, 6.07) is 8.94. The van der Waals surface area contributed by atoms with E-state index in [0.717, 1.165) is 0 Å². The average molecular weight is 303 g/mol. The predicted octanol–water partition coefficient (Wildman–Crippen LogP) is 3.60. The molecule has 0 aromatic heterocycles. The molecule has 0 aliphatic rings. The highest BCUT2D eigenvalue weighted by atomic mass is 35.5. The summed E-state index contributed by atoms with van der Waals surface area (Å²) in [5.74, 6) is 0.375. The third-order valence-electron chi connectivity index (χ3n) is 2.50. The number of hydrogen-bond acceptors (Lipinski definition) is 3. The second-order valence-electron chi connectivity index (χ2n) is 4.65. The monoisotopic (exact) mass is 302 g/mol. The lowest BCUT2D eigenvalue weighted by molar-refractivity contribution is -0.116. The van der Waals surface area contributed by atoms with Gasteiger partial charge in [-0.05, 0) is 32.4 Å². The molecule has 0 amide bonds. The Morgan fingerprint density at radius 1 is 1.32 bits per heavy atom. The molecule has 0 heterocycles. The van der Waals surface area contributed by atoms with Gasteiger partial charge in [-0.1, -0.05) is 18.2 Å². The SMILES string of the molecule is CC(C)OP(=O)(CC(=O)CCCCl)c1ccccc1. The van der Waals surface area contributed by atoms with Gasteiger partial charge in [-0.2, -0.15) is 0 Å². The number of ketones is 1. The van der Waals surface area contributed by atoms with Crippen LogP contribution in [0.2, 0.25) is 0 Å². The van der Waals surface area contributed by atoms with Crippen LogP contribution in [0.25, 0.3) is 0 Å². The fourth-order valence-corrected chi connectivity index (χ4v) is 4.20. The first kappa shape index (κ1) is 16.4. The maximum absolute atomic E-state index is 12.9. The molecule has 5 heteroatoms. The second-order valence-corrected chi connectivity index (χ2v) is 7.42. The van der Waals surface area contributed by atoms with Gasteiger partial charge in [0.1, 0.15) is 5.78 Å². The van der Waals surface area contributed by atoms with E-state index in [0.29, 0.717) is 24.0 Å². The van der Waals surface area contributed by atoms with Crippen molar-refractivity contribution in [3.8, 4) is 0 Å². The molecule has 0 aliphatic heterocycles. The van der Waals surface area contributed by atoms with Crippen molar-refractivity contribution in [2.24, 2.45) is 0 Å². The van der Waals surface area contributed by atoms with E-state index in [9.17, 15) is 9.36 Å². The summed E-state index contributed by atoms with van der Waals surface area (Å²) >= 11 is 5.57. The van der Waals surface area contributed by atoms with Crippen LogP contribution >= 0.6 is 19.0 Å². The standard InChI is InChI=1S/C14H20ClO3P/c1-12(2)18-19(17,11-13(16)7-6-10-15)14-8-4-3-5-9-14/h3-5,8-9,12H,6-7,10-11H2,1-2H3. The van der Waals surface area contributed by atoms with Crippen molar-refractivity contribution in [2.75, 3.05) is 12.0 Å². The van der Waals surface area contributed by atoms with Crippen molar-refractivity contribution in [3.05, 3.63) is 30.3 Å². The van der Waals surface area contributed by atoms with Crippen molar-refractivity contribution >= 4 is 30.1 Å². The molecule has 1 atom stereocenters. The van der Waals surface area contributed by atoms with Crippen LogP contribution in [0.5, 0.6) is 0 Å². The zero-order valence-electron chi connectivity index (χ0n) is 11.3. The molecule has 1 aromatic carbocycles. The van der Waals surface area contributed by atoms with E-state index in [2.05, 4.69) is 0 Å². The van der Waals surface area contributed by atoms with Gasteiger partial charge in [0.15, 0.2) is 0 Å². The minimum atomic E-state index is -3.12. The number of halogens is 1. The Kier molecular flexibility index (Phi) is 6.78. The zero-order chi connectivity index (χ0) is 14.3. The largest absolute Gasteiger partial charge is 0.322 e. The molecule has 0 bridgehead atoms. The van der Waals surface area contributed by atoms with Crippen molar-refractivity contribution in [3.63, 3.8) is 0 Å². The Bertz CT molecular complexity index is 445. The molecule has 0 fully saturated rings. The molecule has 3 nitrogen and oxygen atoms in total. The molecule has 106 valence electrons. The van der Waals surface area contributed by atoms with Gasteiger partial charge in [0.25, 0.3) is 0 Å². The topological polar surface area (TPSA) is 43.4 Å². The fraction of sp³-hybridized carbons (Fsp3) is 0.500. The van der Waals surface area contributed by atoms with Gasteiger partial charge in [-0.15, -0.1) is 11.6 Å². The Labute approximate surface area is 119 Å². The first-order chi connectivity index (χ1) is 8.98. The lowest BCUT2D eigenvalue weighted by atomic mass is 10.2. The van der Waals surface area contributed by atoms with Gasteiger partial charge in [-0.3, -0.25) is 9.36 Å². The molecule has 0 N–H and O–H groups in total. The Balaban J connectivity index is 2.88. The Morgan fingerprint density at radius 3 is 2.47 bits per heavy atom. The van der Waals surface area contributed by atoms with Crippen LogP contribution in [0.4, 0.5) is 0 Å². The van der Waals surface area contributed by atoms with E-state index in [1.54, 1.807) is 24.3 Å². The van der Waals surface area contributed by atoms with Crippen molar-refractivity contribution in [1.82, 2.24) is 0 Å². The maximum Gasteiger partial charge on any atom is 0.239 e. The smallest absolute Gasteiger partial charge is 0.239 e. The summed E-state index contributed by atoms with van der Waals surface area (Å²) < 4.78 is 18.5.